The predicted octanol–water partition coefficient (Wildman–Crippen LogP) is 3.57. The lowest BCUT2D eigenvalue weighted by Crippen LogP contribution is -2.06. The second-order valence-electron chi connectivity index (χ2n) is 5.25. The molecular weight excluding hydrogens is 320 g/mol. The summed E-state index contributed by atoms with van der Waals surface area (Å²) in [5.74, 6) is -0.0475. The lowest BCUT2D eigenvalue weighted by Gasteiger charge is -2.03. The Labute approximate surface area is 142 Å². The highest BCUT2D eigenvalue weighted by Crippen LogP contribution is 2.30. The maximum Gasteiger partial charge on any atom is 0.187 e. The van der Waals surface area contributed by atoms with Crippen LogP contribution in [-0.4, -0.2) is 25.7 Å². The van der Waals surface area contributed by atoms with Gasteiger partial charge in [-0.05, 0) is 17.7 Å². The molecule has 0 saturated carbocycles. The molecule has 0 N–H and O–H groups in total. The zero-order valence-electron chi connectivity index (χ0n) is 12.6. The van der Waals surface area contributed by atoms with Crippen LogP contribution in [0.5, 0.6) is 0 Å². The molecule has 3 aromatic heterocycles. The zero-order chi connectivity index (χ0) is 16.4. The van der Waals surface area contributed by atoms with Crippen LogP contribution in [0.4, 0.5) is 0 Å². The average Bonchev–Trinajstić information content (AvgIpc) is 3.07. The molecule has 24 heavy (non-hydrogen) atoms. The van der Waals surface area contributed by atoms with Crippen LogP contribution < -0.4 is 0 Å². The molecule has 0 radical (unpaired) electrons. The van der Waals surface area contributed by atoms with Crippen molar-refractivity contribution in [1.82, 2.24) is 19.9 Å². The quantitative estimate of drug-likeness (QED) is 0.534. The summed E-state index contributed by atoms with van der Waals surface area (Å²) >= 11 is 1.59. The Balaban J connectivity index is 1.63. The summed E-state index contributed by atoms with van der Waals surface area (Å²) in [5, 5.41) is 0.923. The van der Waals surface area contributed by atoms with Gasteiger partial charge in [0.15, 0.2) is 5.78 Å². The van der Waals surface area contributed by atoms with Crippen LogP contribution >= 0.6 is 11.3 Å². The van der Waals surface area contributed by atoms with Gasteiger partial charge in [0, 0.05) is 36.8 Å². The number of pyridine rings is 1. The number of nitrogens with zero attached hydrogens (tertiary/aromatic N) is 4. The van der Waals surface area contributed by atoms with Gasteiger partial charge >= 0.3 is 0 Å². The van der Waals surface area contributed by atoms with E-state index in [4.69, 9.17) is 0 Å². The van der Waals surface area contributed by atoms with Crippen molar-refractivity contribution < 1.29 is 4.79 Å². The Morgan fingerprint density at radius 1 is 1.04 bits per heavy atom. The first-order chi connectivity index (χ1) is 11.8. The van der Waals surface area contributed by atoms with Gasteiger partial charge in [-0.1, -0.05) is 18.2 Å². The smallest absolute Gasteiger partial charge is 0.187 e. The minimum atomic E-state index is -0.0475. The van der Waals surface area contributed by atoms with E-state index in [1.165, 1.54) is 12.4 Å². The van der Waals surface area contributed by atoms with Crippen LogP contribution in [0, 0.1) is 0 Å². The van der Waals surface area contributed by atoms with Gasteiger partial charge in [0.2, 0.25) is 0 Å². The van der Waals surface area contributed by atoms with Gasteiger partial charge in [0.05, 0.1) is 16.4 Å². The number of benzene rings is 1. The number of aromatic nitrogens is 4. The molecule has 4 rings (SSSR count). The molecule has 0 aliphatic rings. The van der Waals surface area contributed by atoms with E-state index in [-0.39, 0.29) is 5.78 Å². The van der Waals surface area contributed by atoms with Crippen LogP contribution in [0.2, 0.25) is 0 Å². The van der Waals surface area contributed by atoms with E-state index in [9.17, 15) is 4.79 Å². The summed E-state index contributed by atoms with van der Waals surface area (Å²) in [4.78, 5) is 29.0. The number of carbonyl (C=O) groups excluding carboxylic acids is 1. The summed E-state index contributed by atoms with van der Waals surface area (Å²) in [6.45, 7) is 0. The first kappa shape index (κ1) is 14.6. The first-order valence-corrected chi connectivity index (χ1v) is 8.20. The number of ketones is 1. The molecular formula is C18H12N4OS. The van der Waals surface area contributed by atoms with E-state index in [2.05, 4.69) is 19.9 Å². The number of rotatable bonds is 4. The SMILES string of the molecule is O=C(Cc1cccc(-c2nc3ccncc3s2)c1)c1cnccn1. The molecule has 3 heterocycles. The second kappa shape index (κ2) is 6.25. The second-order valence-corrected chi connectivity index (χ2v) is 6.28. The molecule has 0 spiro atoms. The zero-order valence-corrected chi connectivity index (χ0v) is 13.4. The molecule has 5 nitrogen and oxygen atoms in total. The third kappa shape index (κ3) is 2.91. The molecule has 0 bridgehead atoms. The van der Waals surface area contributed by atoms with Gasteiger partial charge in [-0.25, -0.2) is 9.97 Å². The number of fused-ring (bicyclic) bond motifs is 1. The number of hydrogen-bond donors (Lipinski definition) is 0. The van der Waals surface area contributed by atoms with Crippen LogP contribution in [0.3, 0.4) is 0 Å². The Hall–Kier alpha value is -2.99. The van der Waals surface area contributed by atoms with Gasteiger partial charge in [0.1, 0.15) is 10.7 Å². The molecule has 0 fully saturated rings. The Kier molecular flexibility index (Phi) is 3.80. The highest BCUT2D eigenvalue weighted by atomic mass is 32.1. The van der Waals surface area contributed by atoms with Gasteiger partial charge in [-0.2, -0.15) is 0 Å². The van der Waals surface area contributed by atoms with E-state index < -0.39 is 0 Å². The molecule has 1 aromatic carbocycles. The third-order valence-corrected chi connectivity index (χ3v) is 4.63. The van der Waals surface area contributed by atoms with E-state index in [0.29, 0.717) is 12.1 Å². The summed E-state index contributed by atoms with van der Waals surface area (Å²) < 4.78 is 1.05. The van der Waals surface area contributed by atoms with Crippen molar-refractivity contribution in [3.05, 3.63) is 72.6 Å². The fraction of sp³-hybridized carbons (Fsp3) is 0.0556. The minimum Gasteiger partial charge on any atom is -0.292 e. The van der Waals surface area contributed by atoms with Crippen molar-refractivity contribution in [3.8, 4) is 10.6 Å². The minimum absolute atomic E-state index is 0.0475. The molecule has 4 aromatic rings. The van der Waals surface area contributed by atoms with Crippen LogP contribution in [0.15, 0.2) is 61.3 Å². The Bertz CT molecular complexity index is 981. The standard InChI is InChI=1S/C18H12N4OS/c23-16(15-10-20-6-7-21-15)9-12-2-1-3-13(8-12)18-22-14-4-5-19-11-17(14)24-18/h1-8,10-11H,9H2. The summed E-state index contributed by atoms with van der Waals surface area (Å²) in [6.07, 6.45) is 8.42. The highest BCUT2D eigenvalue weighted by molar-refractivity contribution is 7.21. The average molecular weight is 332 g/mol. The van der Waals surface area contributed by atoms with E-state index in [1.807, 2.05) is 36.5 Å². The Morgan fingerprint density at radius 3 is 2.79 bits per heavy atom. The van der Waals surface area contributed by atoms with Crippen molar-refractivity contribution in [3.63, 3.8) is 0 Å². The molecule has 0 unspecified atom stereocenters. The molecule has 0 amide bonds. The van der Waals surface area contributed by atoms with E-state index in [1.54, 1.807) is 23.7 Å². The first-order valence-electron chi connectivity index (χ1n) is 7.39. The topological polar surface area (TPSA) is 68.6 Å². The van der Waals surface area contributed by atoms with Crippen LogP contribution in [0.25, 0.3) is 20.8 Å². The summed E-state index contributed by atoms with van der Waals surface area (Å²) in [6, 6.07) is 9.78. The number of thiazole rings is 1. The fourth-order valence-electron chi connectivity index (χ4n) is 2.44. The van der Waals surface area contributed by atoms with Gasteiger partial charge in [-0.3, -0.25) is 14.8 Å². The van der Waals surface area contributed by atoms with Crippen LogP contribution in [0.1, 0.15) is 16.1 Å². The van der Waals surface area contributed by atoms with E-state index >= 15 is 0 Å². The van der Waals surface area contributed by atoms with Gasteiger partial charge in [0.25, 0.3) is 0 Å². The summed E-state index contributed by atoms with van der Waals surface area (Å²) in [7, 11) is 0. The lowest BCUT2D eigenvalue weighted by molar-refractivity contribution is 0.0988. The maximum absolute atomic E-state index is 12.3. The van der Waals surface area contributed by atoms with Crippen molar-refractivity contribution in [2.75, 3.05) is 0 Å². The number of Topliss-reactive ketones (excluding diaryl/α,β-unsaturated/α-hetero) is 1. The summed E-state index contributed by atoms with van der Waals surface area (Å²) in [5.41, 5.74) is 3.25. The predicted molar refractivity (Wildman–Crippen MR) is 92.9 cm³/mol. The van der Waals surface area contributed by atoms with E-state index in [0.717, 1.165) is 26.4 Å². The highest BCUT2D eigenvalue weighted by Gasteiger charge is 2.11. The maximum atomic E-state index is 12.3. The molecule has 0 aliphatic heterocycles. The number of hydrogen-bond acceptors (Lipinski definition) is 6. The van der Waals surface area contributed by atoms with Crippen LogP contribution in [-0.2, 0) is 6.42 Å². The Morgan fingerprint density at radius 2 is 1.96 bits per heavy atom. The fourth-order valence-corrected chi connectivity index (χ4v) is 3.37. The molecule has 116 valence electrons. The van der Waals surface area contributed by atoms with Crippen molar-refractivity contribution >= 4 is 27.3 Å². The molecule has 6 heteroatoms. The largest absolute Gasteiger partial charge is 0.292 e. The van der Waals surface area contributed by atoms with Crippen molar-refractivity contribution in [1.29, 1.82) is 0 Å². The van der Waals surface area contributed by atoms with Gasteiger partial charge < -0.3 is 0 Å². The van der Waals surface area contributed by atoms with Crippen molar-refractivity contribution in [2.45, 2.75) is 6.42 Å². The monoisotopic (exact) mass is 332 g/mol. The number of carbonyl (C=O) groups is 1. The lowest BCUT2D eigenvalue weighted by atomic mass is 10.0. The molecule has 0 aliphatic carbocycles. The molecule has 0 atom stereocenters. The molecule has 0 saturated heterocycles. The van der Waals surface area contributed by atoms with Gasteiger partial charge in [-0.15, -0.1) is 11.3 Å². The normalized spacial score (nSPS) is 10.8. The third-order valence-electron chi connectivity index (χ3n) is 3.58. The van der Waals surface area contributed by atoms with Crippen molar-refractivity contribution in [2.24, 2.45) is 0 Å².